The lowest BCUT2D eigenvalue weighted by atomic mass is 9.77. The molecule has 0 aromatic rings. The highest BCUT2D eigenvalue weighted by Gasteiger charge is 2.40. The number of carbonyl (C=O) groups is 1. The van der Waals surface area contributed by atoms with E-state index in [1.807, 2.05) is 6.92 Å². The molecule has 0 amide bonds. The zero-order valence-electron chi connectivity index (χ0n) is 13.0. The summed E-state index contributed by atoms with van der Waals surface area (Å²) in [6.45, 7) is 10.5. The number of nitrogens with zero attached hydrogens (tertiary/aromatic N) is 3. The van der Waals surface area contributed by atoms with Crippen LogP contribution in [-0.4, -0.2) is 85.2 Å². The van der Waals surface area contributed by atoms with Crippen molar-refractivity contribution >= 4 is 5.97 Å². The number of hydrogen-bond acceptors (Lipinski definition) is 4. The number of piperazine rings is 1. The molecule has 1 unspecified atom stereocenters. The van der Waals surface area contributed by atoms with Crippen LogP contribution in [0.4, 0.5) is 0 Å². The molecule has 116 valence electrons. The van der Waals surface area contributed by atoms with Crippen molar-refractivity contribution in [2.75, 3.05) is 59.4 Å². The number of piperidine rings is 1. The number of hydrogen-bond donors (Lipinski definition) is 1. The summed E-state index contributed by atoms with van der Waals surface area (Å²) in [4.78, 5) is 18.8. The average Bonchev–Trinajstić information content (AvgIpc) is 2.46. The third kappa shape index (κ3) is 3.71. The second kappa shape index (κ2) is 6.87. The Morgan fingerprint density at radius 1 is 1.10 bits per heavy atom. The van der Waals surface area contributed by atoms with Gasteiger partial charge in [0, 0.05) is 45.8 Å². The van der Waals surface area contributed by atoms with Crippen LogP contribution in [0.2, 0.25) is 0 Å². The van der Waals surface area contributed by atoms with Crippen molar-refractivity contribution in [3.8, 4) is 0 Å². The molecular formula is C15H29N3O2. The molecule has 0 aromatic heterocycles. The molecule has 0 bridgehead atoms. The van der Waals surface area contributed by atoms with Gasteiger partial charge in [-0.25, -0.2) is 0 Å². The quantitative estimate of drug-likeness (QED) is 0.809. The van der Waals surface area contributed by atoms with Crippen molar-refractivity contribution < 1.29 is 9.90 Å². The molecule has 2 fully saturated rings. The minimum absolute atomic E-state index is 0.500. The van der Waals surface area contributed by atoms with Crippen LogP contribution in [0.5, 0.6) is 0 Å². The summed E-state index contributed by atoms with van der Waals surface area (Å²) >= 11 is 0. The molecular weight excluding hydrogens is 254 g/mol. The predicted molar refractivity (Wildman–Crippen MR) is 80.0 cm³/mol. The van der Waals surface area contributed by atoms with E-state index in [0.29, 0.717) is 0 Å². The molecule has 0 aliphatic carbocycles. The summed E-state index contributed by atoms with van der Waals surface area (Å²) in [5, 5.41) is 9.51. The topological polar surface area (TPSA) is 47.0 Å². The third-order valence-electron chi connectivity index (χ3n) is 5.11. The maximum atomic E-state index is 11.6. The molecule has 2 aliphatic heterocycles. The van der Waals surface area contributed by atoms with Gasteiger partial charge in [-0.1, -0.05) is 6.92 Å². The van der Waals surface area contributed by atoms with Crippen molar-refractivity contribution in [2.24, 2.45) is 5.41 Å². The number of carboxylic acid groups (broad SMARTS) is 1. The van der Waals surface area contributed by atoms with Crippen LogP contribution in [0, 0.1) is 5.41 Å². The summed E-state index contributed by atoms with van der Waals surface area (Å²) in [7, 11) is 2.17. The third-order valence-corrected chi connectivity index (χ3v) is 5.11. The molecule has 2 heterocycles. The molecule has 1 atom stereocenters. The molecule has 5 heteroatoms. The standard InChI is InChI=1S/C15H29N3O2/c1-3-15(14(19)20)5-4-6-18(13-15)12-11-17-9-7-16(2)8-10-17/h3-13H2,1-2H3,(H,19,20). The first kappa shape index (κ1) is 15.7. The lowest BCUT2D eigenvalue weighted by Gasteiger charge is -2.40. The first-order valence-corrected chi connectivity index (χ1v) is 7.92. The van der Waals surface area contributed by atoms with Gasteiger partial charge in [0.05, 0.1) is 5.41 Å². The summed E-state index contributed by atoms with van der Waals surface area (Å²) in [5.74, 6) is -0.607. The largest absolute Gasteiger partial charge is 0.481 e. The van der Waals surface area contributed by atoms with Crippen molar-refractivity contribution in [1.82, 2.24) is 14.7 Å². The van der Waals surface area contributed by atoms with Gasteiger partial charge in [-0.2, -0.15) is 0 Å². The number of rotatable bonds is 5. The zero-order chi connectivity index (χ0) is 14.6. The van der Waals surface area contributed by atoms with E-state index >= 15 is 0 Å². The predicted octanol–water partition coefficient (Wildman–Crippen LogP) is 0.811. The van der Waals surface area contributed by atoms with Crippen molar-refractivity contribution in [1.29, 1.82) is 0 Å². The Balaban J connectivity index is 1.79. The van der Waals surface area contributed by atoms with E-state index in [9.17, 15) is 9.90 Å². The summed E-state index contributed by atoms with van der Waals surface area (Å²) in [6, 6.07) is 0. The van der Waals surface area contributed by atoms with E-state index in [-0.39, 0.29) is 0 Å². The molecule has 1 N–H and O–H groups in total. The molecule has 5 nitrogen and oxygen atoms in total. The fourth-order valence-corrected chi connectivity index (χ4v) is 3.39. The highest BCUT2D eigenvalue weighted by molar-refractivity contribution is 5.75. The molecule has 0 radical (unpaired) electrons. The van der Waals surface area contributed by atoms with Crippen LogP contribution in [0.1, 0.15) is 26.2 Å². The Morgan fingerprint density at radius 2 is 1.75 bits per heavy atom. The maximum absolute atomic E-state index is 11.6. The minimum Gasteiger partial charge on any atom is -0.481 e. The van der Waals surface area contributed by atoms with Crippen molar-refractivity contribution in [3.05, 3.63) is 0 Å². The van der Waals surface area contributed by atoms with Gasteiger partial charge >= 0.3 is 5.97 Å². The van der Waals surface area contributed by atoms with E-state index in [0.717, 1.165) is 71.6 Å². The van der Waals surface area contributed by atoms with Gasteiger partial charge in [0.25, 0.3) is 0 Å². The smallest absolute Gasteiger partial charge is 0.310 e. The van der Waals surface area contributed by atoms with Crippen LogP contribution >= 0.6 is 0 Å². The molecule has 2 saturated heterocycles. The number of aliphatic carboxylic acids is 1. The Labute approximate surface area is 122 Å². The normalized spacial score (nSPS) is 30.5. The first-order valence-electron chi connectivity index (χ1n) is 7.92. The molecule has 2 rings (SSSR count). The van der Waals surface area contributed by atoms with Crippen LogP contribution < -0.4 is 0 Å². The fraction of sp³-hybridized carbons (Fsp3) is 0.933. The molecule has 2 aliphatic rings. The Hall–Kier alpha value is -0.650. The summed E-state index contributed by atoms with van der Waals surface area (Å²) < 4.78 is 0. The number of carboxylic acids is 1. The summed E-state index contributed by atoms with van der Waals surface area (Å²) in [6.07, 6.45) is 2.60. The van der Waals surface area contributed by atoms with E-state index in [4.69, 9.17) is 0 Å². The van der Waals surface area contributed by atoms with Crippen LogP contribution in [-0.2, 0) is 4.79 Å². The second-order valence-electron chi connectivity index (χ2n) is 6.46. The highest BCUT2D eigenvalue weighted by atomic mass is 16.4. The van der Waals surface area contributed by atoms with Crippen molar-refractivity contribution in [3.63, 3.8) is 0 Å². The monoisotopic (exact) mass is 283 g/mol. The van der Waals surface area contributed by atoms with Gasteiger partial charge in [-0.05, 0) is 32.9 Å². The Kier molecular flexibility index (Phi) is 5.41. The SMILES string of the molecule is CCC1(C(=O)O)CCCN(CCN2CCN(C)CC2)C1. The van der Waals surface area contributed by atoms with Gasteiger partial charge in [0.15, 0.2) is 0 Å². The van der Waals surface area contributed by atoms with E-state index < -0.39 is 11.4 Å². The molecule has 0 saturated carbocycles. The maximum Gasteiger partial charge on any atom is 0.310 e. The average molecular weight is 283 g/mol. The molecule has 0 aromatic carbocycles. The first-order chi connectivity index (χ1) is 9.55. The van der Waals surface area contributed by atoms with Gasteiger partial charge in [0.1, 0.15) is 0 Å². The van der Waals surface area contributed by atoms with Gasteiger partial charge in [-0.3, -0.25) is 9.69 Å². The fourth-order valence-electron chi connectivity index (χ4n) is 3.39. The second-order valence-corrected chi connectivity index (χ2v) is 6.46. The van der Waals surface area contributed by atoms with Crippen LogP contribution in [0.15, 0.2) is 0 Å². The van der Waals surface area contributed by atoms with Gasteiger partial charge < -0.3 is 14.9 Å². The Morgan fingerprint density at radius 3 is 2.35 bits per heavy atom. The summed E-state index contributed by atoms with van der Waals surface area (Å²) in [5.41, 5.74) is -0.500. The van der Waals surface area contributed by atoms with E-state index in [1.165, 1.54) is 0 Å². The van der Waals surface area contributed by atoms with E-state index in [2.05, 4.69) is 21.7 Å². The van der Waals surface area contributed by atoms with Crippen LogP contribution in [0.3, 0.4) is 0 Å². The Bertz CT molecular complexity index is 329. The van der Waals surface area contributed by atoms with Crippen LogP contribution in [0.25, 0.3) is 0 Å². The van der Waals surface area contributed by atoms with E-state index in [1.54, 1.807) is 0 Å². The zero-order valence-corrected chi connectivity index (χ0v) is 13.0. The highest BCUT2D eigenvalue weighted by Crippen LogP contribution is 2.33. The van der Waals surface area contributed by atoms with Gasteiger partial charge in [-0.15, -0.1) is 0 Å². The van der Waals surface area contributed by atoms with Gasteiger partial charge in [0.2, 0.25) is 0 Å². The minimum atomic E-state index is -0.607. The number of likely N-dealkylation sites (N-methyl/N-ethyl adjacent to an activating group) is 1. The molecule has 20 heavy (non-hydrogen) atoms. The van der Waals surface area contributed by atoms with Crippen molar-refractivity contribution in [2.45, 2.75) is 26.2 Å². The number of likely N-dealkylation sites (tertiary alicyclic amines) is 1. The lowest BCUT2D eigenvalue weighted by molar-refractivity contribution is -0.153. The molecule has 0 spiro atoms. The lowest BCUT2D eigenvalue weighted by Crippen LogP contribution is -2.51.